The molecule has 1 aliphatic rings. The molecule has 39 heavy (non-hydrogen) atoms. The Kier molecular flexibility index (Phi) is 7.93. The molecule has 4 rings (SSSR count). The van der Waals surface area contributed by atoms with E-state index in [-0.39, 0.29) is 30.0 Å². The molecule has 202 valence electrons. The van der Waals surface area contributed by atoms with Crippen LogP contribution >= 0.6 is 0 Å². The third-order valence-corrected chi connectivity index (χ3v) is 6.05. The second kappa shape index (κ2) is 11.3. The largest absolute Gasteiger partial charge is 0.503 e. The molecule has 12 heteroatoms. The Balaban J connectivity index is 1.73. The quantitative estimate of drug-likeness (QED) is 0.196. The van der Waals surface area contributed by atoms with Gasteiger partial charge < -0.3 is 9.67 Å². The molecule has 0 aliphatic carbocycles. The van der Waals surface area contributed by atoms with Gasteiger partial charge in [-0.2, -0.15) is 0 Å². The van der Waals surface area contributed by atoms with Crippen molar-refractivity contribution in [1.82, 2.24) is 15.0 Å². The summed E-state index contributed by atoms with van der Waals surface area (Å²) in [6.07, 6.45) is 1.79. The minimum atomic E-state index is -1.18. The van der Waals surface area contributed by atoms with Gasteiger partial charge in [-0.05, 0) is 42.3 Å². The number of nitrogens with zero attached hydrogens (tertiary/aromatic N) is 2. The van der Waals surface area contributed by atoms with Crippen LogP contribution in [0.5, 0.6) is 0 Å². The van der Waals surface area contributed by atoms with E-state index in [0.717, 1.165) is 58.2 Å². The molecule has 2 amide bonds. The van der Waals surface area contributed by atoms with Gasteiger partial charge in [-0.15, -0.1) is 0 Å². The molecule has 0 radical (unpaired) electrons. The number of benzene rings is 2. The highest BCUT2D eigenvalue weighted by Crippen LogP contribution is 2.19. The van der Waals surface area contributed by atoms with Crippen molar-refractivity contribution < 1.29 is 37.1 Å². The zero-order chi connectivity index (χ0) is 28.3. The van der Waals surface area contributed by atoms with Gasteiger partial charge in [0.1, 0.15) is 23.3 Å². The molecule has 3 aromatic rings. The van der Waals surface area contributed by atoms with Crippen LogP contribution in [0.15, 0.2) is 65.3 Å². The maximum atomic E-state index is 14.3. The first-order valence-corrected chi connectivity index (χ1v) is 11.7. The Morgan fingerprint density at radius 2 is 1.54 bits per heavy atom. The fourth-order valence-electron chi connectivity index (χ4n) is 4.06. The number of allylic oxidation sites excluding steroid dienone is 1. The second-order valence-corrected chi connectivity index (χ2v) is 8.76. The summed E-state index contributed by atoms with van der Waals surface area (Å²) in [5, 5.41) is 11.1. The molecule has 0 bridgehead atoms. The molecule has 1 aliphatic heterocycles. The number of aliphatic hydroxyl groups is 1. The van der Waals surface area contributed by atoms with Crippen LogP contribution in [0.2, 0.25) is 0 Å². The lowest BCUT2D eigenvalue weighted by atomic mass is 10.0. The van der Waals surface area contributed by atoms with Gasteiger partial charge in [0.15, 0.2) is 11.5 Å². The van der Waals surface area contributed by atoms with E-state index >= 15 is 0 Å². The number of nitrogens with one attached hydrogen (secondary N) is 1. The number of carbonyl (C=O) groups excluding carboxylic acids is 3. The second-order valence-electron chi connectivity index (χ2n) is 8.76. The molecule has 2 N–H and O–H groups in total. The van der Waals surface area contributed by atoms with E-state index in [0.29, 0.717) is 12.5 Å². The molecule has 8 nitrogen and oxygen atoms in total. The van der Waals surface area contributed by atoms with Gasteiger partial charge in [0.2, 0.25) is 5.91 Å². The highest BCUT2D eigenvalue weighted by molar-refractivity contribution is 6.08. The van der Waals surface area contributed by atoms with Crippen LogP contribution in [0.3, 0.4) is 0 Å². The minimum Gasteiger partial charge on any atom is -0.503 e. The average molecular weight is 543 g/mol. The van der Waals surface area contributed by atoms with Crippen LogP contribution < -0.4 is 11.0 Å². The number of hydrazine groups is 1. The lowest BCUT2D eigenvalue weighted by Gasteiger charge is -2.16. The fourth-order valence-corrected chi connectivity index (χ4v) is 4.06. The third kappa shape index (κ3) is 6.06. The summed E-state index contributed by atoms with van der Waals surface area (Å²) in [6, 6.07) is 7.25. The molecule has 2 heterocycles. The molecule has 1 aromatic heterocycles. The van der Waals surface area contributed by atoms with Crippen molar-refractivity contribution in [2.24, 2.45) is 0 Å². The summed E-state index contributed by atoms with van der Waals surface area (Å²) in [5.74, 6) is -7.58. The SMILES string of the molecule is O=C(NN1CCCC1=O)/C(O)=C/C(=O)c1cc(Cc2c(F)cccc2F)cn(Cc2c(F)cccc2F)c1=O. The molecule has 0 atom stereocenters. The van der Waals surface area contributed by atoms with Crippen LogP contribution in [-0.4, -0.2) is 38.8 Å². The average Bonchev–Trinajstić information content (AvgIpc) is 3.29. The molecule has 1 fully saturated rings. The van der Waals surface area contributed by atoms with Crippen molar-refractivity contribution in [1.29, 1.82) is 0 Å². The number of aliphatic hydroxyl groups excluding tert-OH is 1. The number of amides is 2. The Morgan fingerprint density at radius 1 is 0.949 bits per heavy atom. The summed E-state index contributed by atoms with van der Waals surface area (Å²) in [7, 11) is 0. The van der Waals surface area contributed by atoms with Gasteiger partial charge in [0.05, 0.1) is 12.1 Å². The lowest BCUT2D eigenvalue weighted by molar-refractivity contribution is -0.137. The summed E-state index contributed by atoms with van der Waals surface area (Å²) < 4.78 is 58.0. The number of rotatable bonds is 8. The Hall–Kier alpha value is -4.74. The predicted octanol–water partition coefficient (Wildman–Crippen LogP) is 3.32. The van der Waals surface area contributed by atoms with E-state index in [9.17, 15) is 41.8 Å². The number of hydrogen-bond acceptors (Lipinski definition) is 5. The minimum absolute atomic E-state index is 0.0266. The summed E-state index contributed by atoms with van der Waals surface area (Å²) in [4.78, 5) is 50.0. The van der Waals surface area contributed by atoms with Crippen molar-refractivity contribution in [2.45, 2.75) is 25.8 Å². The Labute approximate surface area is 218 Å². The molecule has 0 saturated carbocycles. The van der Waals surface area contributed by atoms with E-state index in [1.807, 2.05) is 0 Å². The lowest BCUT2D eigenvalue weighted by Crippen LogP contribution is -2.43. The Bertz CT molecular complexity index is 1530. The van der Waals surface area contributed by atoms with Crippen molar-refractivity contribution in [3.63, 3.8) is 0 Å². The van der Waals surface area contributed by atoms with Crippen molar-refractivity contribution >= 4 is 17.6 Å². The Morgan fingerprint density at radius 3 is 2.10 bits per heavy atom. The van der Waals surface area contributed by atoms with Crippen molar-refractivity contribution in [2.75, 3.05) is 6.54 Å². The summed E-state index contributed by atoms with van der Waals surface area (Å²) in [6.45, 7) is -0.462. The van der Waals surface area contributed by atoms with E-state index in [2.05, 4.69) is 5.43 Å². The molecule has 2 aromatic carbocycles. The maximum absolute atomic E-state index is 14.3. The standard InChI is InChI=1S/C27H21F4N3O5/c28-19-4-1-5-20(29)16(19)10-15-11-17(23(35)12-24(36)26(38)32-34-9-3-8-25(34)37)27(39)33(13-15)14-18-21(30)6-2-7-22(18)31/h1-2,4-7,11-13,36H,3,8-10,14H2,(H,32,38)/b24-12-. The number of halogens is 4. The van der Waals surface area contributed by atoms with Crippen LogP contribution in [0.4, 0.5) is 17.6 Å². The number of hydrogen-bond donors (Lipinski definition) is 2. The van der Waals surface area contributed by atoms with Gasteiger partial charge in [0, 0.05) is 42.8 Å². The van der Waals surface area contributed by atoms with Crippen LogP contribution in [-0.2, 0) is 22.6 Å². The monoisotopic (exact) mass is 543 g/mol. The maximum Gasteiger partial charge on any atom is 0.304 e. The molecule has 1 saturated heterocycles. The van der Waals surface area contributed by atoms with Crippen LogP contribution in [0.25, 0.3) is 0 Å². The molecular formula is C27H21F4N3O5. The topological polar surface area (TPSA) is 109 Å². The normalized spacial score (nSPS) is 13.6. The van der Waals surface area contributed by atoms with E-state index < -0.39 is 70.4 Å². The summed E-state index contributed by atoms with van der Waals surface area (Å²) >= 11 is 0. The number of ketones is 1. The highest BCUT2D eigenvalue weighted by atomic mass is 19.1. The predicted molar refractivity (Wildman–Crippen MR) is 129 cm³/mol. The fraction of sp³-hybridized carbons (Fsp3) is 0.185. The molecule has 0 unspecified atom stereocenters. The summed E-state index contributed by atoms with van der Waals surface area (Å²) in [5.41, 5.74) is -0.402. The number of aromatic nitrogens is 1. The molecular weight excluding hydrogens is 522 g/mol. The van der Waals surface area contributed by atoms with E-state index in [4.69, 9.17) is 0 Å². The number of carbonyl (C=O) groups is 3. The first-order chi connectivity index (χ1) is 18.5. The highest BCUT2D eigenvalue weighted by Gasteiger charge is 2.24. The van der Waals surface area contributed by atoms with Gasteiger partial charge in [0.25, 0.3) is 5.56 Å². The van der Waals surface area contributed by atoms with Crippen LogP contribution in [0, 0.1) is 23.3 Å². The molecule has 0 spiro atoms. The third-order valence-electron chi connectivity index (χ3n) is 6.05. The smallest absolute Gasteiger partial charge is 0.304 e. The first kappa shape index (κ1) is 27.3. The van der Waals surface area contributed by atoms with Crippen molar-refractivity contribution in [3.05, 3.63) is 116 Å². The van der Waals surface area contributed by atoms with E-state index in [1.165, 1.54) is 0 Å². The van der Waals surface area contributed by atoms with E-state index in [1.54, 1.807) is 0 Å². The van der Waals surface area contributed by atoms with Gasteiger partial charge in [-0.25, -0.2) is 17.6 Å². The zero-order valence-electron chi connectivity index (χ0n) is 20.2. The van der Waals surface area contributed by atoms with Crippen LogP contribution in [0.1, 0.15) is 39.9 Å². The van der Waals surface area contributed by atoms with Crippen molar-refractivity contribution in [3.8, 4) is 0 Å². The number of pyridine rings is 1. The van der Waals surface area contributed by atoms with Gasteiger partial charge in [-0.3, -0.25) is 29.6 Å². The van der Waals surface area contributed by atoms with Gasteiger partial charge >= 0.3 is 5.91 Å². The zero-order valence-corrected chi connectivity index (χ0v) is 20.2. The van der Waals surface area contributed by atoms with Gasteiger partial charge in [-0.1, -0.05) is 12.1 Å². The first-order valence-electron chi connectivity index (χ1n) is 11.7.